The van der Waals surface area contributed by atoms with E-state index in [1.165, 1.54) is 128 Å². The maximum atomic E-state index is 5.70. The van der Waals surface area contributed by atoms with Crippen LogP contribution in [0.5, 0.6) is 0 Å². The molecule has 0 amide bonds. The van der Waals surface area contributed by atoms with Crippen molar-refractivity contribution >= 4 is 0 Å². The smallest absolute Gasteiger partial charge is 0.0466 e. The molecule has 0 aliphatic heterocycles. The number of ether oxygens (including phenoxy) is 1. The van der Waals surface area contributed by atoms with E-state index in [0.717, 1.165) is 13.2 Å². The van der Waals surface area contributed by atoms with E-state index in [2.05, 4.69) is 26.0 Å². The summed E-state index contributed by atoms with van der Waals surface area (Å²) in [5, 5.41) is 0. The van der Waals surface area contributed by atoms with Crippen LogP contribution in [0.1, 0.15) is 142 Å². The Morgan fingerprint density at radius 2 is 0.741 bits per heavy atom. The second-order valence-electron chi connectivity index (χ2n) is 8.32. The molecule has 0 rings (SSSR count). The lowest BCUT2D eigenvalue weighted by molar-refractivity contribution is 0.125. The standard InChI is InChI=1S/C26H52O/c1-3-5-7-9-10-11-12-13-14-15-16-17-18-19-20-21-22-24-26-27-25-23-8-6-4-2/h14-15H,3-13,16-26H2,1-2H3. The summed E-state index contributed by atoms with van der Waals surface area (Å²) in [6.45, 7) is 6.51. The lowest BCUT2D eigenvalue weighted by Crippen LogP contribution is -1.97. The summed E-state index contributed by atoms with van der Waals surface area (Å²) in [7, 11) is 0. The first-order valence-electron chi connectivity index (χ1n) is 12.6. The predicted octanol–water partition coefficient (Wildman–Crippen LogP) is 9.40. The average molecular weight is 381 g/mol. The summed E-state index contributed by atoms with van der Waals surface area (Å²) in [6.07, 6.45) is 32.3. The average Bonchev–Trinajstić information content (AvgIpc) is 2.68. The molecule has 0 aromatic rings. The zero-order valence-corrected chi connectivity index (χ0v) is 19.1. The molecule has 0 atom stereocenters. The van der Waals surface area contributed by atoms with Crippen LogP contribution in [-0.4, -0.2) is 13.2 Å². The van der Waals surface area contributed by atoms with E-state index in [0.29, 0.717) is 0 Å². The quantitative estimate of drug-likeness (QED) is 0.127. The molecule has 27 heavy (non-hydrogen) atoms. The van der Waals surface area contributed by atoms with Crippen molar-refractivity contribution in [2.75, 3.05) is 13.2 Å². The van der Waals surface area contributed by atoms with E-state index < -0.39 is 0 Å². The number of hydrogen-bond donors (Lipinski definition) is 0. The van der Waals surface area contributed by atoms with Gasteiger partial charge in [-0.05, 0) is 38.5 Å². The van der Waals surface area contributed by atoms with E-state index in [4.69, 9.17) is 4.74 Å². The first-order valence-corrected chi connectivity index (χ1v) is 12.6. The van der Waals surface area contributed by atoms with E-state index in [1.54, 1.807) is 0 Å². The van der Waals surface area contributed by atoms with E-state index in [1.807, 2.05) is 0 Å². The van der Waals surface area contributed by atoms with E-state index >= 15 is 0 Å². The van der Waals surface area contributed by atoms with Crippen LogP contribution < -0.4 is 0 Å². The van der Waals surface area contributed by atoms with Crippen LogP contribution in [-0.2, 0) is 4.74 Å². The molecule has 0 N–H and O–H groups in total. The summed E-state index contributed by atoms with van der Waals surface area (Å²) in [4.78, 5) is 0. The lowest BCUT2D eigenvalue weighted by Gasteiger charge is -2.04. The molecule has 0 aliphatic rings. The van der Waals surface area contributed by atoms with Crippen molar-refractivity contribution in [3.8, 4) is 0 Å². The van der Waals surface area contributed by atoms with Crippen molar-refractivity contribution in [1.29, 1.82) is 0 Å². The van der Waals surface area contributed by atoms with E-state index in [-0.39, 0.29) is 0 Å². The van der Waals surface area contributed by atoms with Crippen molar-refractivity contribution < 1.29 is 4.74 Å². The fourth-order valence-corrected chi connectivity index (χ4v) is 3.54. The van der Waals surface area contributed by atoms with Gasteiger partial charge in [0.15, 0.2) is 0 Å². The van der Waals surface area contributed by atoms with Gasteiger partial charge in [0.1, 0.15) is 0 Å². The highest BCUT2D eigenvalue weighted by atomic mass is 16.5. The number of rotatable bonds is 23. The molecule has 0 bridgehead atoms. The third-order valence-corrected chi connectivity index (χ3v) is 5.44. The molecular formula is C26H52O. The SMILES string of the molecule is CCCCCCCCCC=CCCCCCCCCCOCCCCCC. The molecule has 0 spiro atoms. The molecule has 0 aromatic carbocycles. The van der Waals surface area contributed by atoms with Crippen LogP contribution in [0, 0.1) is 0 Å². The molecule has 0 heterocycles. The van der Waals surface area contributed by atoms with Gasteiger partial charge >= 0.3 is 0 Å². The maximum absolute atomic E-state index is 5.70. The van der Waals surface area contributed by atoms with Gasteiger partial charge in [0.25, 0.3) is 0 Å². The highest BCUT2D eigenvalue weighted by molar-refractivity contribution is 4.81. The molecule has 0 unspecified atom stereocenters. The highest BCUT2D eigenvalue weighted by Crippen LogP contribution is 2.11. The number of unbranched alkanes of at least 4 members (excludes halogenated alkanes) is 17. The first-order chi connectivity index (χ1) is 13.4. The molecule has 0 fully saturated rings. The van der Waals surface area contributed by atoms with Crippen LogP contribution in [0.3, 0.4) is 0 Å². The minimum Gasteiger partial charge on any atom is -0.381 e. The van der Waals surface area contributed by atoms with Crippen LogP contribution in [0.2, 0.25) is 0 Å². The van der Waals surface area contributed by atoms with Gasteiger partial charge in [0.2, 0.25) is 0 Å². The Balaban J connectivity index is 3.04. The molecule has 0 saturated carbocycles. The topological polar surface area (TPSA) is 9.23 Å². The van der Waals surface area contributed by atoms with Crippen LogP contribution >= 0.6 is 0 Å². The van der Waals surface area contributed by atoms with Gasteiger partial charge < -0.3 is 4.74 Å². The van der Waals surface area contributed by atoms with Crippen LogP contribution in [0.25, 0.3) is 0 Å². The van der Waals surface area contributed by atoms with Gasteiger partial charge in [-0.25, -0.2) is 0 Å². The Morgan fingerprint density at radius 3 is 1.19 bits per heavy atom. The fourth-order valence-electron chi connectivity index (χ4n) is 3.54. The summed E-state index contributed by atoms with van der Waals surface area (Å²) >= 11 is 0. The molecule has 1 heteroatoms. The minimum absolute atomic E-state index is 0.979. The monoisotopic (exact) mass is 380 g/mol. The number of allylic oxidation sites excluding steroid dienone is 2. The van der Waals surface area contributed by atoms with Gasteiger partial charge in [-0.2, -0.15) is 0 Å². The molecule has 1 nitrogen and oxygen atoms in total. The molecule has 0 aromatic heterocycles. The van der Waals surface area contributed by atoms with Gasteiger partial charge in [-0.3, -0.25) is 0 Å². The van der Waals surface area contributed by atoms with Crippen LogP contribution in [0.4, 0.5) is 0 Å². The zero-order valence-electron chi connectivity index (χ0n) is 19.1. The van der Waals surface area contributed by atoms with Gasteiger partial charge in [-0.1, -0.05) is 116 Å². The van der Waals surface area contributed by atoms with Crippen molar-refractivity contribution in [2.24, 2.45) is 0 Å². The predicted molar refractivity (Wildman–Crippen MR) is 124 cm³/mol. The van der Waals surface area contributed by atoms with Gasteiger partial charge in [0, 0.05) is 13.2 Å². The van der Waals surface area contributed by atoms with Gasteiger partial charge in [-0.15, -0.1) is 0 Å². The Labute approximate surface area is 172 Å². The molecule has 162 valence electrons. The zero-order chi connectivity index (χ0) is 19.7. The number of hydrogen-bond acceptors (Lipinski definition) is 1. The molecule has 0 saturated heterocycles. The van der Waals surface area contributed by atoms with Crippen molar-refractivity contribution in [1.82, 2.24) is 0 Å². The minimum atomic E-state index is 0.979. The summed E-state index contributed by atoms with van der Waals surface area (Å²) in [6, 6.07) is 0. The largest absolute Gasteiger partial charge is 0.381 e. The first kappa shape index (κ1) is 26.7. The Kier molecular flexibility index (Phi) is 25.4. The Bertz CT molecular complexity index is 271. The lowest BCUT2D eigenvalue weighted by atomic mass is 10.1. The maximum Gasteiger partial charge on any atom is 0.0466 e. The van der Waals surface area contributed by atoms with Crippen molar-refractivity contribution in [3.05, 3.63) is 12.2 Å². The second-order valence-corrected chi connectivity index (χ2v) is 8.32. The highest BCUT2D eigenvalue weighted by Gasteiger charge is 1.93. The molecular weight excluding hydrogens is 328 g/mol. The Morgan fingerprint density at radius 1 is 0.407 bits per heavy atom. The van der Waals surface area contributed by atoms with Gasteiger partial charge in [0.05, 0.1) is 0 Å². The van der Waals surface area contributed by atoms with Crippen LogP contribution in [0.15, 0.2) is 12.2 Å². The second kappa shape index (κ2) is 25.7. The summed E-state index contributed by atoms with van der Waals surface area (Å²) in [5.41, 5.74) is 0. The summed E-state index contributed by atoms with van der Waals surface area (Å²) < 4.78 is 5.70. The van der Waals surface area contributed by atoms with Crippen molar-refractivity contribution in [3.63, 3.8) is 0 Å². The molecule has 0 aliphatic carbocycles. The third-order valence-electron chi connectivity index (χ3n) is 5.44. The Hall–Kier alpha value is -0.300. The third kappa shape index (κ3) is 25.7. The van der Waals surface area contributed by atoms with E-state index in [9.17, 15) is 0 Å². The fraction of sp³-hybridized carbons (Fsp3) is 0.923. The van der Waals surface area contributed by atoms with Crippen molar-refractivity contribution in [2.45, 2.75) is 142 Å². The normalized spacial score (nSPS) is 11.6. The summed E-state index contributed by atoms with van der Waals surface area (Å²) in [5.74, 6) is 0. The molecule has 0 radical (unpaired) electrons.